The molecule has 2 aromatic carbocycles. The number of hydrogen-bond donors (Lipinski definition) is 2. The second kappa shape index (κ2) is 9.68. The number of carbonyl (C=O) groups is 2. The number of carbonyl (C=O) groups excluding carboxylic acids is 1. The lowest BCUT2D eigenvalue weighted by molar-refractivity contribution is -0.119. The van der Waals surface area contributed by atoms with E-state index in [0.29, 0.717) is 21.0 Å². The number of halogens is 1. The normalized spacial score (nSPS) is 11.2. The van der Waals surface area contributed by atoms with Gasteiger partial charge in [0.1, 0.15) is 6.54 Å². The number of anilines is 1. The zero-order valence-electron chi connectivity index (χ0n) is 17.2. The zero-order valence-corrected chi connectivity index (χ0v) is 19.6. The van der Waals surface area contributed by atoms with E-state index in [4.69, 9.17) is 16.7 Å². The van der Waals surface area contributed by atoms with E-state index < -0.39 is 28.4 Å². The molecule has 0 atom stereocenters. The van der Waals surface area contributed by atoms with E-state index >= 15 is 0 Å². The average molecular weight is 494 g/mol. The Balaban J connectivity index is 1.87. The molecular formula is C21H20ClN3O5S2. The summed E-state index contributed by atoms with van der Waals surface area (Å²) in [5.74, 6) is -1.65. The van der Waals surface area contributed by atoms with Gasteiger partial charge in [-0.15, -0.1) is 11.3 Å². The average Bonchev–Trinajstić information content (AvgIpc) is 3.20. The van der Waals surface area contributed by atoms with Gasteiger partial charge in [-0.2, -0.15) is 8.42 Å². The van der Waals surface area contributed by atoms with Crippen molar-refractivity contribution in [1.29, 1.82) is 0 Å². The first kappa shape index (κ1) is 23.7. The largest absolute Gasteiger partial charge is 0.478 e. The molecule has 3 aromatic rings. The highest BCUT2D eigenvalue weighted by atomic mass is 35.5. The minimum absolute atomic E-state index is 0.0404. The summed E-state index contributed by atoms with van der Waals surface area (Å²) in [6.45, 7) is 2.95. The molecule has 0 unspecified atom stereocenters. The van der Waals surface area contributed by atoms with Crippen LogP contribution in [0.3, 0.4) is 0 Å². The quantitative estimate of drug-likeness (QED) is 0.495. The number of benzene rings is 2. The molecule has 0 fully saturated rings. The first-order chi connectivity index (χ1) is 15.1. The van der Waals surface area contributed by atoms with Crippen molar-refractivity contribution in [2.24, 2.45) is 0 Å². The molecule has 11 heteroatoms. The van der Waals surface area contributed by atoms with E-state index in [9.17, 15) is 18.0 Å². The number of nitrogens with zero attached hydrogens (tertiary/aromatic N) is 2. The lowest BCUT2D eigenvalue weighted by Gasteiger charge is -2.24. The predicted octanol–water partition coefficient (Wildman–Crippen LogP) is 3.62. The van der Waals surface area contributed by atoms with Gasteiger partial charge < -0.3 is 10.4 Å². The van der Waals surface area contributed by atoms with Gasteiger partial charge >= 0.3 is 5.97 Å². The fraction of sp³-hybridized carbons (Fsp3) is 0.190. The van der Waals surface area contributed by atoms with Gasteiger partial charge in [-0.3, -0.25) is 9.10 Å². The second-order valence-corrected chi connectivity index (χ2v) is 10.6. The highest BCUT2D eigenvalue weighted by molar-refractivity contribution is 7.94. The van der Waals surface area contributed by atoms with Crippen LogP contribution in [0.25, 0.3) is 0 Å². The number of aromatic nitrogens is 1. The van der Waals surface area contributed by atoms with Crippen LogP contribution < -0.4 is 9.62 Å². The van der Waals surface area contributed by atoms with Crippen LogP contribution >= 0.6 is 22.9 Å². The third-order valence-electron chi connectivity index (χ3n) is 4.57. The van der Waals surface area contributed by atoms with Gasteiger partial charge in [0, 0.05) is 22.6 Å². The number of amides is 1. The molecule has 1 aromatic heterocycles. The number of aryl methyl sites for hydroxylation is 1. The van der Waals surface area contributed by atoms with E-state index in [0.717, 1.165) is 15.6 Å². The molecule has 0 spiro atoms. The molecule has 0 aliphatic heterocycles. The smallest absolute Gasteiger partial charge is 0.335 e. The Hall–Kier alpha value is -2.95. The molecule has 32 heavy (non-hydrogen) atoms. The molecule has 1 amide bonds. The molecular weight excluding hydrogens is 474 g/mol. The van der Waals surface area contributed by atoms with Gasteiger partial charge in [-0.25, -0.2) is 9.78 Å². The van der Waals surface area contributed by atoms with E-state index in [2.05, 4.69) is 10.3 Å². The molecule has 2 N–H and O–H groups in total. The van der Waals surface area contributed by atoms with Crippen molar-refractivity contribution in [1.82, 2.24) is 10.3 Å². The summed E-state index contributed by atoms with van der Waals surface area (Å²) in [7, 11) is -4.12. The maximum absolute atomic E-state index is 13.3. The standard InChI is InChI=1S/C21H20ClN3O5S2/c1-13-10-24-21(31-13)32(29,30)25(18-8-4-7-17(22)14(18)2)12-19(26)23-11-15-5-3-6-16(9-15)20(27)28/h3-10H,11-12H2,1-2H3,(H,23,26)(H,27,28). The van der Waals surface area contributed by atoms with Crippen LogP contribution in [0.1, 0.15) is 26.4 Å². The lowest BCUT2D eigenvalue weighted by atomic mass is 10.1. The van der Waals surface area contributed by atoms with Gasteiger partial charge in [0.2, 0.25) is 10.2 Å². The summed E-state index contributed by atoms with van der Waals surface area (Å²) < 4.78 is 27.5. The van der Waals surface area contributed by atoms with Crippen molar-refractivity contribution in [3.8, 4) is 0 Å². The number of sulfonamides is 1. The van der Waals surface area contributed by atoms with Crippen LogP contribution in [0, 0.1) is 13.8 Å². The summed E-state index contributed by atoms with van der Waals surface area (Å²) in [6, 6.07) is 10.9. The molecule has 0 radical (unpaired) electrons. The van der Waals surface area contributed by atoms with Gasteiger partial charge in [-0.05, 0) is 49.2 Å². The Kier molecular flexibility index (Phi) is 7.17. The Labute approximate surface area is 194 Å². The summed E-state index contributed by atoms with van der Waals surface area (Å²) in [5.41, 5.74) is 1.44. The first-order valence-corrected chi connectivity index (χ1v) is 12.0. The molecule has 3 rings (SSSR count). The van der Waals surface area contributed by atoms with Crippen LogP contribution in [0.15, 0.2) is 53.0 Å². The van der Waals surface area contributed by atoms with Crippen molar-refractivity contribution in [3.63, 3.8) is 0 Å². The van der Waals surface area contributed by atoms with E-state index in [1.54, 1.807) is 44.2 Å². The van der Waals surface area contributed by atoms with Gasteiger partial charge in [0.15, 0.2) is 0 Å². The molecule has 0 saturated carbocycles. The first-order valence-electron chi connectivity index (χ1n) is 9.39. The highest BCUT2D eigenvalue weighted by Gasteiger charge is 2.31. The highest BCUT2D eigenvalue weighted by Crippen LogP contribution is 2.31. The van der Waals surface area contributed by atoms with Crippen LogP contribution in [0.2, 0.25) is 5.02 Å². The third-order valence-corrected chi connectivity index (χ3v) is 8.02. The number of rotatable bonds is 8. The predicted molar refractivity (Wildman–Crippen MR) is 123 cm³/mol. The summed E-state index contributed by atoms with van der Waals surface area (Å²) in [5, 5.41) is 12.1. The monoisotopic (exact) mass is 493 g/mol. The maximum Gasteiger partial charge on any atom is 0.335 e. The van der Waals surface area contributed by atoms with Crippen LogP contribution in [-0.2, 0) is 21.4 Å². The topological polar surface area (TPSA) is 117 Å². The van der Waals surface area contributed by atoms with E-state index in [-0.39, 0.29) is 22.1 Å². The molecule has 168 valence electrons. The molecule has 0 bridgehead atoms. The van der Waals surface area contributed by atoms with Crippen LogP contribution in [0.4, 0.5) is 5.69 Å². The van der Waals surface area contributed by atoms with E-state index in [1.807, 2.05) is 0 Å². The number of hydrogen-bond acceptors (Lipinski definition) is 6. The summed E-state index contributed by atoms with van der Waals surface area (Å²) >= 11 is 7.20. The van der Waals surface area contributed by atoms with Gasteiger partial charge in [0.05, 0.1) is 11.3 Å². The van der Waals surface area contributed by atoms with Crippen molar-refractivity contribution < 1.29 is 23.1 Å². The Bertz CT molecular complexity index is 1270. The number of carboxylic acids is 1. The zero-order chi connectivity index (χ0) is 23.5. The van der Waals surface area contributed by atoms with Gasteiger partial charge in [0.25, 0.3) is 10.0 Å². The molecule has 1 heterocycles. The van der Waals surface area contributed by atoms with Crippen LogP contribution in [-0.4, -0.2) is 36.9 Å². The number of carboxylic acid groups (broad SMARTS) is 1. The van der Waals surface area contributed by atoms with Crippen molar-refractivity contribution in [2.45, 2.75) is 24.7 Å². The van der Waals surface area contributed by atoms with Crippen LogP contribution in [0.5, 0.6) is 0 Å². The SMILES string of the molecule is Cc1cnc(S(=O)(=O)N(CC(=O)NCc2cccc(C(=O)O)c2)c2cccc(Cl)c2C)s1. The minimum atomic E-state index is -4.12. The molecule has 0 aliphatic rings. The summed E-state index contributed by atoms with van der Waals surface area (Å²) in [6.07, 6.45) is 1.45. The fourth-order valence-corrected chi connectivity index (χ4v) is 5.77. The lowest BCUT2D eigenvalue weighted by Crippen LogP contribution is -2.41. The molecule has 8 nitrogen and oxygen atoms in total. The molecule has 0 aliphatic carbocycles. The minimum Gasteiger partial charge on any atom is -0.478 e. The Morgan fingerprint density at radius 1 is 1.19 bits per heavy atom. The number of nitrogens with one attached hydrogen (secondary N) is 1. The van der Waals surface area contributed by atoms with Crippen molar-refractivity contribution >= 4 is 50.5 Å². The number of aromatic carboxylic acids is 1. The van der Waals surface area contributed by atoms with E-state index in [1.165, 1.54) is 18.3 Å². The maximum atomic E-state index is 13.3. The molecule has 0 saturated heterocycles. The van der Waals surface area contributed by atoms with Crippen molar-refractivity contribution in [2.75, 3.05) is 10.8 Å². The van der Waals surface area contributed by atoms with Crippen molar-refractivity contribution in [3.05, 3.63) is 75.3 Å². The Morgan fingerprint density at radius 3 is 2.56 bits per heavy atom. The second-order valence-electron chi connectivity index (χ2n) is 6.91. The third kappa shape index (κ3) is 5.26. The number of thiazole rings is 1. The van der Waals surface area contributed by atoms with Gasteiger partial charge in [-0.1, -0.05) is 29.8 Å². The Morgan fingerprint density at radius 2 is 1.91 bits per heavy atom. The fourth-order valence-electron chi connectivity index (χ4n) is 2.91. The summed E-state index contributed by atoms with van der Waals surface area (Å²) in [4.78, 5) is 28.5.